The maximum atomic E-state index is 11.4. The van der Waals surface area contributed by atoms with E-state index >= 15 is 0 Å². The highest BCUT2D eigenvalue weighted by Gasteiger charge is 2.15. The van der Waals surface area contributed by atoms with Crippen LogP contribution in [0.5, 0.6) is 0 Å². The summed E-state index contributed by atoms with van der Waals surface area (Å²) >= 11 is 5.64. The molecule has 0 aliphatic rings. The second-order valence-corrected chi connectivity index (χ2v) is 5.21. The van der Waals surface area contributed by atoms with E-state index in [0.717, 1.165) is 10.3 Å². The molecule has 2 rings (SSSR count). The van der Waals surface area contributed by atoms with Gasteiger partial charge in [-0.25, -0.2) is 18.4 Å². The summed E-state index contributed by atoms with van der Waals surface area (Å²) in [5, 5.41) is 3.81. The zero-order valence-electron chi connectivity index (χ0n) is 7.97. The van der Waals surface area contributed by atoms with E-state index in [1.165, 1.54) is 6.20 Å². The Morgan fingerprint density at radius 1 is 1.40 bits per heavy atom. The highest BCUT2D eigenvalue weighted by Crippen LogP contribution is 2.17. The summed E-state index contributed by atoms with van der Waals surface area (Å²) in [6.45, 7) is 1.65. The number of nitrogens with zero attached hydrogens (tertiary/aromatic N) is 4. The highest BCUT2D eigenvalue weighted by molar-refractivity contribution is 7.89. The van der Waals surface area contributed by atoms with E-state index in [1.54, 1.807) is 6.92 Å². The van der Waals surface area contributed by atoms with E-state index in [9.17, 15) is 8.42 Å². The third-order valence-corrected chi connectivity index (χ3v) is 2.92. The van der Waals surface area contributed by atoms with Gasteiger partial charge in [0.2, 0.25) is 5.28 Å². The van der Waals surface area contributed by atoms with E-state index < -0.39 is 10.0 Å². The number of hydrogen-bond donors (Lipinski definition) is 0. The number of aryl methyl sites for hydroxylation is 1. The van der Waals surface area contributed by atoms with Crippen LogP contribution in [-0.2, 0) is 10.0 Å². The average molecular weight is 247 g/mol. The molecule has 0 aromatic carbocycles. The minimum Gasteiger partial charge on any atom is -0.221 e. The normalized spacial score (nSPS) is 12.2. The highest BCUT2D eigenvalue weighted by atomic mass is 35.5. The summed E-state index contributed by atoms with van der Waals surface area (Å²) < 4.78 is 23.6. The van der Waals surface area contributed by atoms with Crippen molar-refractivity contribution in [3.63, 3.8) is 0 Å². The Bertz CT molecular complexity index is 634. The van der Waals surface area contributed by atoms with Crippen LogP contribution in [0.4, 0.5) is 0 Å². The Morgan fingerprint density at radius 2 is 2.07 bits per heavy atom. The van der Waals surface area contributed by atoms with Crippen molar-refractivity contribution in [2.24, 2.45) is 0 Å². The van der Waals surface area contributed by atoms with Gasteiger partial charge in [0.05, 0.1) is 18.1 Å². The first kappa shape index (κ1) is 10.3. The molecule has 8 heteroatoms. The summed E-state index contributed by atoms with van der Waals surface area (Å²) in [7, 11) is -3.44. The first-order valence-electron chi connectivity index (χ1n) is 3.98. The van der Waals surface area contributed by atoms with Crippen molar-refractivity contribution in [1.29, 1.82) is 0 Å². The van der Waals surface area contributed by atoms with E-state index in [-0.39, 0.29) is 5.28 Å². The lowest BCUT2D eigenvalue weighted by Crippen LogP contribution is -2.12. The molecule has 0 spiro atoms. The summed E-state index contributed by atoms with van der Waals surface area (Å²) in [5.74, 6) is 0. The molecule has 0 radical (unpaired) electrons. The Morgan fingerprint density at radius 3 is 2.67 bits per heavy atom. The van der Waals surface area contributed by atoms with Crippen LogP contribution in [0.15, 0.2) is 6.20 Å². The van der Waals surface area contributed by atoms with E-state index in [0.29, 0.717) is 16.7 Å². The Labute approximate surface area is 91.0 Å². The molecule has 6 nitrogen and oxygen atoms in total. The van der Waals surface area contributed by atoms with Gasteiger partial charge in [0.1, 0.15) is 11.0 Å². The predicted molar refractivity (Wildman–Crippen MR) is 55.3 cm³/mol. The lowest BCUT2D eigenvalue weighted by atomic mass is 10.4. The number of aromatic nitrogens is 4. The fourth-order valence-corrected chi connectivity index (χ4v) is 2.29. The van der Waals surface area contributed by atoms with Gasteiger partial charge in [-0.3, -0.25) is 0 Å². The minimum atomic E-state index is -3.44. The van der Waals surface area contributed by atoms with Crippen LogP contribution < -0.4 is 0 Å². The molecule has 0 atom stereocenters. The third kappa shape index (κ3) is 1.68. The Hall–Kier alpha value is -1.21. The third-order valence-electron chi connectivity index (χ3n) is 1.85. The largest absolute Gasteiger partial charge is 0.251 e. The molecule has 0 amide bonds. The van der Waals surface area contributed by atoms with E-state index in [4.69, 9.17) is 11.6 Å². The van der Waals surface area contributed by atoms with Crippen LogP contribution in [0.1, 0.15) is 5.69 Å². The van der Waals surface area contributed by atoms with Crippen molar-refractivity contribution in [2.75, 3.05) is 6.26 Å². The number of halogens is 1. The van der Waals surface area contributed by atoms with E-state index in [1.807, 2.05) is 0 Å². The van der Waals surface area contributed by atoms with Gasteiger partial charge in [-0.1, -0.05) is 0 Å². The quantitative estimate of drug-likeness (QED) is 0.689. The molecule has 0 saturated carbocycles. The lowest BCUT2D eigenvalue weighted by molar-refractivity contribution is 0.588. The molecule has 0 aliphatic carbocycles. The minimum absolute atomic E-state index is 0.0769. The van der Waals surface area contributed by atoms with Crippen molar-refractivity contribution in [3.8, 4) is 0 Å². The van der Waals surface area contributed by atoms with E-state index in [2.05, 4.69) is 15.1 Å². The molecule has 80 valence electrons. The van der Waals surface area contributed by atoms with Crippen LogP contribution in [0, 0.1) is 6.92 Å². The topological polar surface area (TPSA) is 77.7 Å². The first-order chi connectivity index (χ1) is 6.89. The van der Waals surface area contributed by atoms with Crippen molar-refractivity contribution in [3.05, 3.63) is 17.2 Å². The monoisotopic (exact) mass is 246 g/mol. The number of hydrogen-bond acceptors (Lipinski definition) is 5. The van der Waals surface area contributed by atoms with Crippen molar-refractivity contribution < 1.29 is 8.42 Å². The number of rotatable bonds is 1. The molecule has 2 aromatic heterocycles. The van der Waals surface area contributed by atoms with Crippen LogP contribution in [0.3, 0.4) is 0 Å². The molecule has 0 fully saturated rings. The second-order valence-electron chi connectivity index (χ2n) is 3.06. The Balaban J connectivity index is 2.93. The molecular formula is C7H7ClN4O2S. The molecule has 0 N–H and O–H groups in total. The average Bonchev–Trinajstić information content (AvgIpc) is 2.45. The summed E-state index contributed by atoms with van der Waals surface area (Å²) in [4.78, 5) is 7.75. The molecule has 2 aromatic rings. The van der Waals surface area contributed by atoms with Gasteiger partial charge >= 0.3 is 0 Å². The Kier molecular flexibility index (Phi) is 2.16. The SMILES string of the molecule is Cc1nc(Cl)nc2cnn(S(C)(=O)=O)c12. The van der Waals surface area contributed by atoms with Gasteiger partial charge < -0.3 is 0 Å². The molecule has 0 unspecified atom stereocenters. The van der Waals surface area contributed by atoms with Crippen LogP contribution in [0.2, 0.25) is 5.28 Å². The maximum Gasteiger partial charge on any atom is 0.251 e. The molecule has 0 saturated heterocycles. The zero-order valence-corrected chi connectivity index (χ0v) is 9.54. The van der Waals surface area contributed by atoms with Gasteiger partial charge in [0.25, 0.3) is 10.0 Å². The fourth-order valence-electron chi connectivity index (χ4n) is 1.30. The second kappa shape index (κ2) is 3.14. The van der Waals surface area contributed by atoms with Gasteiger partial charge in [0.15, 0.2) is 0 Å². The molecular weight excluding hydrogens is 240 g/mol. The standard InChI is InChI=1S/C7H7ClN4O2S/c1-4-6-5(11-7(8)10-4)3-9-12(6)15(2,13)14/h3H,1-2H3. The van der Waals surface area contributed by atoms with Crippen molar-refractivity contribution >= 4 is 32.7 Å². The van der Waals surface area contributed by atoms with Crippen molar-refractivity contribution in [1.82, 2.24) is 19.2 Å². The smallest absolute Gasteiger partial charge is 0.221 e. The van der Waals surface area contributed by atoms with Gasteiger partial charge in [-0.15, -0.1) is 0 Å². The fraction of sp³-hybridized carbons (Fsp3) is 0.286. The maximum absolute atomic E-state index is 11.4. The van der Waals surface area contributed by atoms with Crippen LogP contribution in [0.25, 0.3) is 11.0 Å². The summed E-state index contributed by atoms with van der Waals surface area (Å²) in [5.41, 5.74) is 1.26. The number of fused-ring (bicyclic) bond motifs is 1. The summed E-state index contributed by atoms with van der Waals surface area (Å²) in [6, 6.07) is 0. The van der Waals surface area contributed by atoms with Gasteiger partial charge in [0, 0.05) is 0 Å². The molecule has 15 heavy (non-hydrogen) atoms. The summed E-state index contributed by atoms with van der Waals surface area (Å²) in [6.07, 6.45) is 2.41. The first-order valence-corrected chi connectivity index (χ1v) is 6.20. The zero-order chi connectivity index (χ0) is 11.2. The van der Waals surface area contributed by atoms with Crippen LogP contribution >= 0.6 is 11.6 Å². The molecule has 0 aliphatic heterocycles. The van der Waals surface area contributed by atoms with Crippen LogP contribution in [-0.4, -0.2) is 33.8 Å². The molecule has 0 bridgehead atoms. The van der Waals surface area contributed by atoms with Crippen molar-refractivity contribution in [2.45, 2.75) is 6.92 Å². The van der Waals surface area contributed by atoms with Gasteiger partial charge in [-0.05, 0) is 18.5 Å². The molecule has 2 heterocycles. The lowest BCUT2D eigenvalue weighted by Gasteiger charge is -2.01. The predicted octanol–water partition coefficient (Wildman–Crippen LogP) is 0.596. The van der Waals surface area contributed by atoms with Gasteiger partial charge in [-0.2, -0.15) is 9.19 Å².